The number of benzene rings is 1. The second-order valence-electron chi connectivity index (χ2n) is 9.14. The highest BCUT2D eigenvalue weighted by Gasteiger charge is 2.41. The van der Waals surface area contributed by atoms with E-state index in [-0.39, 0.29) is 17.9 Å². The van der Waals surface area contributed by atoms with Gasteiger partial charge in [-0.05, 0) is 76.4 Å². The van der Waals surface area contributed by atoms with Crippen molar-refractivity contribution in [3.8, 4) is 5.75 Å². The van der Waals surface area contributed by atoms with Crippen molar-refractivity contribution in [2.24, 2.45) is 5.41 Å². The Kier molecular flexibility index (Phi) is 8.13. The molecule has 2 aromatic heterocycles. The van der Waals surface area contributed by atoms with E-state index >= 15 is 4.39 Å². The minimum absolute atomic E-state index is 0.0784. The number of rotatable bonds is 10. The summed E-state index contributed by atoms with van der Waals surface area (Å²) in [5.74, 6) is -0.264. The molecule has 9 heteroatoms. The predicted octanol–water partition coefficient (Wildman–Crippen LogP) is 5.28. The van der Waals surface area contributed by atoms with Crippen molar-refractivity contribution in [3.63, 3.8) is 0 Å². The lowest BCUT2D eigenvalue weighted by Crippen LogP contribution is -2.44. The molecule has 0 amide bonds. The summed E-state index contributed by atoms with van der Waals surface area (Å²) < 4.78 is 20.9. The molecule has 0 spiro atoms. The molecule has 0 aliphatic carbocycles. The van der Waals surface area contributed by atoms with E-state index in [9.17, 15) is 9.90 Å². The molecule has 1 unspecified atom stereocenters. The van der Waals surface area contributed by atoms with E-state index in [1.165, 1.54) is 6.20 Å². The maximum absolute atomic E-state index is 15.6. The van der Waals surface area contributed by atoms with Crippen molar-refractivity contribution < 1.29 is 19.0 Å². The summed E-state index contributed by atoms with van der Waals surface area (Å²) in [5, 5.41) is 10.9. The van der Waals surface area contributed by atoms with E-state index in [4.69, 9.17) is 16.3 Å². The maximum atomic E-state index is 15.6. The van der Waals surface area contributed by atoms with Gasteiger partial charge in [0, 0.05) is 35.7 Å². The van der Waals surface area contributed by atoms with E-state index in [1.807, 2.05) is 0 Å². The molecule has 7 nitrogen and oxygen atoms in total. The quantitative estimate of drug-likeness (QED) is 0.405. The number of hydrogen-bond acceptors (Lipinski definition) is 6. The lowest BCUT2D eigenvalue weighted by molar-refractivity contribution is -0.153. The molecule has 1 aromatic carbocycles. The van der Waals surface area contributed by atoms with Crippen LogP contribution in [0.3, 0.4) is 0 Å². The fourth-order valence-corrected chi connectivity index (χ4v) is 5.15. The van der Waals surface area contributed by atoms with E-state index < -0.39 is 17.6 Å². The van der Waals surface area contributed by atoms with Crippen LogP contribution in [0.1, 0.15) is 49.5 Å². The number of carboxylic acids is 1. The minimum atomic E-state index is -1.40. The molecule has 1 fully saturated rings. The van der Waals surface area contributed by atoms with Crippen molar-refractivity contribution in [2.75, 3.05) is 26.7 Å². The first-order valence-corrected chi connectivity index (χ1v) is 12.3. The van der Waals surface area contributed by atoms with Crippen LogP contribution in [0, 0.1) is 5.41 Å². The molecule has 1 atom stereocenters. The summed E-state index contributed by atoms with van der Waals surface area (Å²) >= 11 is 6.35. The molecule has 1 aliphatic heterocycles. The highest BCUT2D eigenvalue weighted by molar-refractivity contribution is 6.32. The van der Waals surface area contributed by atoms with Crippen LogP contribution < -0.4 is 4.74 Å². The van der Waals surface area contributed by atoms with Crippen molar-refractivity contribution in [2.45, 2.75) is 44.7 Å². The summed E-state index contributed by atoms with van der Waals surface area (Å²) in [4.78, 5) is 27.2. The first kappa shape index (κ1) is 25.3. The lowest BCUT2D eigenvalue weighted by Gasteiger charge is -2.39. The molecule has 1 saturated heterocycles. The number of aryl methyl sites for hydroxylation is 1. The van der Waals surface area contributed by atoms with E-state index in [0.29, 0.717) is 48.1 Å². The zero-order valence-electron chi connectivity index (χ0n) is 19.8. The third-order valence-electron chi connectivity index (χ3n) is 7.05. The Morgan fingerprint density at radius 3 is 2.74 bits per heavy atom. The van der Waals surface area contributed by atoms with Gasteiger partial charge in [-0.2, -0.15) is 0 Å². The van der Waals surface area contributed by atoms with Gasteiger partial charge in [0.15, 0.2) is 0 Å². The van der Waals surface area contributed by atoms with Crippen molar-refractivity contribution in [1.82, 2.24) is 19.9 Å². The number of likely N-dealkylation sites (tertiary alicyclic amines) is 1. The van der Waals surface area contributed by atoms with Crippen LogP contribution in [0.15, 0.2) is 43.0 Å². The number of ether oxygens (including phenoxy) is 1. The zero-order valence-corrected chi connectivity index (χ0v) is 20.5. The molecule has 0 bridgehead atoms. The molecule has 4 rings (SSSR count). The van der Waals surface area contributed by atoms with Crippen molar-refractivity contribution in [3.05, 3.63) is 59.3 Å². The predicted molar refractivity (Wildman–Crippen MR) is 132 cm³/mol. The third-order valence-corrected chi connectivity index (χ3v) is 7.35. The normalized spacial score (nSPS) is 16.8. The van der Waals surface area contributed by atoms with Crippen LogP contribution in [0.2, 0.25) is 5.02 Å². The number of pyridine rings is 1. The molecule has 0 radical (unpaired) electrons. The fraction of sp³-hybridized carbons (Fsp3) is 0.462. The highest BCUT2D eigenvalue weighted by atomic mass is 35.5. The topological polar surface area (TPSA) is 88.4 Å². The molecular formula is C26H30ClFN4O3. The first-order chi connectivity index (χ1) is 16.9. The van der Waals surface area contributed by atoms with Crippen molar-refractivity contribution in [1.29, 1.82) is 0 Å². The Balaban J connectivity index is 1.38. The molecule has 3 aromatic rings. The number of methoxy groups -OCH3 is 1. The number of carbonyl (C=O) groups is 1. The van der Waals surface area contributed by atoms with Gasteiger partial charge in [-0.15, -0.1) is 0 Å². The Hall–Kier alpha value is -2.84. The average Bonchev–Trinajstić information content (AvgIpc) is 2.88. The standard InChI is InChI=1S/C26H30ClFN4O3/c1-35-19-4-5-23-20(15-19)24(21(27)17-31-23)22(28)6-7-26(25(33)34)8-13-32(14-9-26)12-2-3-18-16-29-10-11-30-18/h4-5,10-11,15-17,22H,2-3,6-9,12-14H2,1H3,(H,33,34). The van der Waals surface area contributed by atoms with Gasteiger partial charge in [0.05, 0.1) is 28.8 Å². The first-order valence-electron chi connectivity index (χ1n) is 11.9. The van der Waals surface area contributed by atoms with Gasteiger partial charge in [-0.1, -0.05) is 11.6 Å². The molecule has 186 valence electrons. The van der Waals surface area contributed by atoms with Gasteiger partial charge in [0.1, 0.15) is 11.9 Å². The van der Waals surface area contributed by atoms with Crippen LogP contribution in [-0.4, -0.2) is 57.7 Å². The van der Waals surface area contributed by atoms with E-state index in [1.54, 1.807) is 43.9 Å². The number of fused-ring (bicyclic) bond motifs is 1. The number of aromatic nitrogens is 3. The van der Waals surface area contributed by atoms with Gasteiger partial charge >= 0.3 is 5.97 Å². The number of carboxylic acid groups (broad SMARTS) is 1. The molecule has 1 N–H and O–H groups in total. The van der Waals surface area contributed by atoms with E-state index in [0.717, 1.165) is 25.1 Å². The van der Waals surface area contributed by atoms with Crippen molar-refractivity contribution >= 4 is 28.5 Å². The summed E-state index contributed by atoms with van der Waals surface area (Å²) in [6.45, 7) is 2.23. The minimum Gasteiger partial charge on any atom is -0.497 e. The SMILES string of the molecule is COc1ccc2ncc(Cl)c(C(F)CCC3(C(=O)O)CCN(CCCc4cnccn4)CC3)c2c1. The molecule has 0 saturated carbocycles. The summed E-state index contributed by atoms with van der Waals surface area (Å²) in [6, 6.07) is 5.25. The Morgan fingerprint density at radius 1 is 1.26 bits per heavy atom. The number of nitrogens with zero attached hydrogens (tertiary/aromatic N) is 4. The third kappa shape index (κ3) is 5.87. The Labute approximate surface area is 209 Å². The van der Waals surface area contributed by atoms with Crippen LogP contribution in [0.5, 0.6) is 5.75 Å². The number of alkyl halides is 1. The number of aliphatic carboxylic acids is 1. The Morgan fingerprint density at radius 2 is 2.06 bits per heavy atom. The molecule has 3 heterocycles. The van der Waals surface area contributed by atoms with Gasteiger partial charge in [-0.25, -0.2) is 4.39 Å². The van der Waals surface area contributed by atoms with E-state index in [2.05, 4.69) is 19.9 Å². The maximum Gasteiger partial charge on any atom is 0.309 e. The highest BCUT2D eigenvalue weighted by Crippen LogP contribution is 2.42. The summed E-state index contributed by atoms with van der Waals surface area (Å²) in [6.07, 6.45) is 8.26. The van der Waals surface area contributed by atoms with Crippen LogP contribution in [0.4, 0.5) is 4.39 Å². The second kappa shape index (κ2) is 11.3. The fourth-order valence-electron chi connectivity index (χ4n) is 4.88. The molecule has 35 heavy (non-hydrogen) atoms. The van der Waals surface area contributed by atoms with Gasteiger partial charge in [0.2, 0.25) is 0 Å². The van der Waals surface area contributed by atoms with Crippen LogP contribution >= 0.6 is 11.6 Å². The zero-order chi connectivity index (χ0) is 24.8. The van der Waals surface area contributed by atoms with Crippen LogP contribution in [-0.2, 0) is 11.2 Å². The largest absolute Gasteiger partial charge is 0.497 e. The molecular weight excluding hydrogens is 471 g/mol. The van der Waals surface area contributed by atoms with Gasteiger partial charge in [-0.3, -0.25) is 19.7 Å². The van der Waals surface area contributed by atoms with Gasteiger partial charge in [0.25, 0.3) is 0 Å². The van der Waals surface area contributed by atoms with Gasteiger partial charge < -0.3 is 14.7 Å². The number of halogens is 2. The monoisotopic (exact) mass is 500 g/mol. The number of hydrogen-bond donors (Lipinski definition) is 1. The smallest absolute Gasteiger partial charge is 0.309 e. The lowest BCUT2D eigenvalue weighted by atomic mass is 9.74. The average molecular weight is 501 g/mol. The molecule has 1 aliphatic rings. The Bertz CT molecular complexity index is 1160. The summed E-state index contributed by atoms with van der Waals surface area (Å²) in [5.41, 5.74) is 0.991. The second-order valence-corrected chi connectivity index (χ2v) is 9.54. The number of piperidine rings is 1. The summed E-state index contributed by atoms with van der Waals surface area (Å²) in [7, 11) is 1.55. The van der Waals surface area contributed by atoms with Crippen LogP contribution in [0.25, 0.3) is 10.9 Å².